The normalized spacial score (nSPS) is 20.2. The maximum Gasteiger partial charge on any atom is 0.222 e. The van der Waals surface area contributed by atoms with Crippen LogP contribution in [0, 0.1) is 11.8 Å². The average molecular weight is 386 g/mol. The van der Waals surface area contributed by atoms with Crippen LogP contribution in [-0.2, 0) is 11.8 Å². The molecule has 3 heterocycles. The van der Waals surface area contributed by atoms with Crippen molar-refractivity contribution in [3.8, 4) is 0 Å². The van der Waals surface area contributed by atoms with Gasteiger partial charge in [-0.3, -0.25) is 19.3 Å². The molecule has 0 saturated carbocycles. The summed E-state index contributed by atoms with van der Waals surface area (Å²) in [5.74, 6) is 0.781. The first kappa shape index (κ1) is 20.3. The number of nitrogens with zero attached hydrogens (tertiary/aromatic N) is 4. The van der Waals surface area contributed by atoms with E-state index in [-0.39, 0.29) is 23.8 Å². The molecule has 152 valence electrons. The van der Waals surface area contributed by atoms with E-state index < -0.39 is 0 Å². The van der Waals surface area contributed by atoms with Gasteiger partial charge in [0.1, 0.15) is 6.17 Å². The van der Waals surface area contributed by atoms with Crippen molar-refractivity contribution in [2.24, 2.45) is 23.9 Å². The number of ketones is 1. The largest absolute Gasteiger partial charge is 0.367 e. The molecule has 1 aromatic heterocycles. The number of nitrogens with one attached hydrogen (secondary N) is 1. The number of hydrogen-bond donors (Lipinski definition) is 1. The highest BCUT2D eigenvalue weighted by atomic mass is 16.2. The molecule has 1 saturated heterocycles. The third-order valence-corrected chi connectivity index (χ3v) is 5.55. The molecule has 1 atom stereocenters. The number of Topliss-reactive ketones (excluding diaryl/α,β-unsaturated/α-hetero) is 1. The van der Waals surface area contributed by atoms with Gasteiger partial charge in [0.25, 0.3) is 0 Å². The predicted octanol–water partition coefficient (Wildman–Crippen LogP) is 2.55. The van der Waals surface area contributed by atoms with Gasteiger partial charge < -0.3 is 10.2 Å². The molecule has 2 aliphatic rings. The summed E-state index contributed by atoms with van der Waals surface area (Å²) in [5, 5.41) is 7.51. The molecule has 0 bridgehead atoms. The van der Waals surface area contributed by atoms with E-state index >= 15 is 0 Å². The number of aliphatic imine (C=N–C) groups is 1. The van der Waals surface area contributed by atoms with E-state index in [1.54, 1.807) is 17.1 Å². The molecule has 3 rings (SSSR count). The molecular formula is C21H31N5O2. The van der Waals surface area contributed by atoms with Crippen LogP contribution in [-0.4, -0.2) is 51.8 Å². The third-order valence-electron chi connectivity index (χ3n) is 5.55. The monoisotopic (exact) mass is 385 g/mol. The Morgan fingerprint density at radius 2 is 2.04 bits per heavy atom. The van der Waals surface area contributed by atoms with Crippen LogP contribution in [0.25, 0.3) is 0 Å². The molecule has 0 radical (unpaired) electrons. The molecule has 1 fully saturated rings. The fraction of sp³-hybridized carbons (Fsp3) is 0.619. The van der Waals surface area contributed by atoms with Gasteiger partial charge in [0.15, 0.2) is 5.78 Å². The van der Waals surface area contributed by atoms with Crippen LogP contribution in [0.5, 0.6) is 0 Å². The molecule has 7 nitrogen and oxygen atoms in total. The lowest BCUT2D eigenvalue weighted by Gasteiger charge is -2.31. The SMILES string of the molecule is CC(C)C1=CC=NC(CCCC(=O)N2CCC(C(=O)c3cnn(C)c3)CC2)N1. The van der Waals surface area contributed by atoms with Gasteiger partial charge >= 0.3 is 0 Å². The van der Waals surface area contributed by atoms with Gasteiger partial charge in [-0.25, -0.2) is 0 Å². The second-order valence-corrected chi connectivity index (χ2v) is 8.05. The van der Waals surface area contributed by atoms with Crippen LogP contribution in [0.2, 0.25) is 0 Å². The van der Waals surface area contributed by atoms with Crippen molar-refractivity contribution in [1.82, 2.24) is 20.0 Å². The first-order valence-corrected chi connectivity index (χ1v) is 10.2. The van der Waals surface area contributed by atoms with Crippen molar-refractivity contribution in [2.75, 3.05) is 13.1 Å². The minimum absolute atomic E-state index is 0.00438. The summed E-state index contributed by atoms with van der Waals surface area (Å²) in [7, 11) is 1.81. The summed E-state index contributed by atoms with van der Waals surface area (Å²) >= 11 is 0. The van der Waals surface area contributed by atoms with Crippen LogP contribution in [0.4, 0.5) is 0 Å². The number of amides is 1. The fourth-order valence-electron chi connectivity index (χ4n) is 3.79. The highest BCUT2D eigenvalue weighted by Gasteiger charge is 2.28. The van der Waals surface area contributed by atoms with Crippen LogP contribution < -0.4 is 5.32 Å². The lowest BCUT2D eigenvalue weighted by atomic mass is 9.90. The molecular weight excluding hydrogens is 354 g/mol. The summed E-state index contributed by atoms with van der Waals surface area (Å²) in [6.07, 6.45) is 11.0. The van der Waals surface area contributed by atoms with E-state index in [0.29, 0.717) is 31.0 Å². The maximum absolute atomic E-state index is 12.5. The summed E-state index contributed by atoms with van der Waals surface area (Å²) in [6.45, 7) is 5.63. The van der Waals surface area contributed by atoms with Gasteiger partial charge in [-0.15, -0.1) is 0 Å². The van der Waals surface area contributed by atoms with Crippen LogP contribution in [0.15, 0.2) is 29.2 Å². The Bertz CT molecular complexity index is 757. The fourth-order valence-corrected chi connectivity index (χ4v) is 3.79. The number of carbonyl (C=O) groups is 2. The summed E-state index contributed by atoms with van der Waals surface area (Å²) < 4.78 is 1.65. The lowest BCUT2D eigenvalue weighted by molar-refractivity contribution is -0.132. The second kappa shape index (κ2) is 9.17. The van der Waals surface area contributed by atoms with E-state index in [2.05, 4.69) is 29.3 Å². The van der Waals surface area contributed by atoms with Crippen molar-refractivity contribution in [3.63, 3.8) is 0 Å². The molecule has 28 heavy (non-hydrogen) atoms. The quantitative estimate of drug-likeness (QED) is 0.732. The first-order chi connectivity index (χ1) is 13.4. The number of aromatic nitrogens is 2. The minimum atomic E-state index is -0.00438. The Morgan fingerprint density at radius 3 is 2.68 bits per heavy atom. The number of likely N-dealkylation sites (tertiary alicyclic amines) is 1. The Hall–Kier alpha value is -2.44. The first-order valence-electron chi connectivity index (χ1n) is 10.2. The van der Waals surface area contributed by atoms with E-state index in [4.69, 9.17) is 0 Å². The molecule has 2 aliphatic heterocycles. The number of carbonyl (C=O) groups excluding carboxylic acids is 2. The molecule has 7 heteroatoms. The molecule has 0 aromatic carbocycles. The molecule has 0 spiro atoms. The smallest absolute Gasteiger partial charge is 0.222 e. The number of hydrogen-bond acceptors (Lipinski definition) is 5. The van der Waals surface area contributed by atoms with Gasteiger partial charge in [0.2, 0.25) is 5.91 Å². The topological polar surface area (TPSA) is 79.6 Å². The average Bonchev–Trinajstić information content (AvgIpc) is 3.14. The Kier molecular flexibility index (Phi) is 6.65. The van der Waals surface area contributed by atoms with Gasteiger partial charge in [0.05, 0.1) is 11.8 Å². The van der Waals surface area contributed by atoms with Crippen LogP contribution in [0.3, 0.4) is 0 Å². The van der Waals surface area contributed by atoms with E-state index in [9.17, 15) is 9.59 Å². The van der Waals surface area contributed by atoms with Crippen molar-refractivity contribution >= 4 is 17.9 Å². The maximum atomic E-state index is 12.5. The third kappa shape index (κ3) is 5.09. The molecule has 1 unspecified atom stereocenters. The molecule has 1 N–H and O–H groups in total. The predicted molar refractivity (Wildman–Crippen MR) is 109 cm³/mol. The van der Waals surface area contributed by atoms with Gasteiger partial charge in [-0.2, -0.15) is 5.10 Å². The Balaban J connectivity index is 1.38. The standard InChI is InChI=1S/C21H31N5O2/c1-15(2)18-7-10-22-19(24-18)5-4-6-20(27)26-11-8-16(9-12-26)21(28)17-13-23-25(3)14-17/h7,10,13-16,19,24H,4-6,8-9,11-12H2,1-3H3. The van der Waals surface area contributed by atoms with Crippen LogP contribution >= 0.6 is 0 Å². The Labute approximate surface area is 166 Å². The summed E-state index contributed by atoms with van der Waals surface area (Å²) in [4.78, 5) is 31.4. The number of rotatable bonds is 7. The number of piperidine rings is 1. The zero-order valence-corrected chi connectivity index (χ0v) is 17.1. The number of allylic oxidation sites excluding steroid dienone is 2. The van der Waals surface area contributed by atoms with Crippen molar-refractivity contribution < 1.29 is 9.59 Å². The highest BCUT2D eigenvalue weighted by molar-refractivity contribution is 5.97. The van der Waals surface area contributed by atoms with Crippen molar-refractivity contribution in [1.29, 1.82) is 0 Å². The molecule has 1 aromatic rings. The molecule has 0 aliphatic carbocycles. The van der Waals surface area contributed by atoms with Gasteiger partial charge in [-0.1, -0.05) is 13.8 Å². The van der Waals surface area contributed by atoms with Gasteiger partial charge in [0, 0.05) is 50.6 Å². The zero-order chi connectivity index (χ0) is 20.1. The lowest BCUT2D eigenvalue weighted by Crippen LogP contribution is -2.40. The summed E-state index contributed by atoms with van der Waals surface area (Å²) in [6, 6.07) is 0. The number of aryl methyl sites for hydroxylation is 1. The van der Waals surface area contributed by atoms with E-state index in [0.717, 1.165) is 25.7 Å². The Morgan fingerprint density at radius 1 is 1.29 bits per heavy atom. The van der Waals surface area contributed by atoms with Crippen molar-refractivity contribution in [2.45, 2.75) is 52.1 Å². The summed E-state index contributed by atoms with van der Waals surface area (Å²) in [5.41, 5.74) is 1.87. The minimum Gasteiger partial charge on any atom is -0.367 e. The second-order valence-electron chi connectivity index (χ2n) is 8.05. The molecule has 1 amide bonds. The van der Waals surface area contributed by atoms with Crippen molar-refractivity contribution in [3.05, 3.63) is 29.7 Å². The highest BCUT2D eigenvalue weighted by Crippen LogP contribution is 2.22. The zero-order valence-electron chi connectivity index (χ0n) is 17.1. The van der Waals surface area contributed by atoms with Gasteiger partial charge in [-0.05, 0) is 37.7 Å². The van der Waals surface area contributed by atoms with Crippen LogP contribution in [0.1, 0.15) is 56.3 Å². The van der Waals surface area contributed by atoms with E-state index in [1.165, 1.54) is 5.70 Å². The van der Waals surface area contributed by atoms with E-state index in [1.807, 2.05) is 24.2 Å².